The zero-order chi connectivity index (χ0) is 7.61. The number of alkyl halides is 1. The second-order valence-electron chi connectivity index (χ2n) is 3.60. The molecule has 10 heavy (non-hydrogen) atoms. The first kappa shape index (κ1) is 7.99. The molecule has 0 amide bonds. The highest BCUT2D eigenvalue weighted by Gasteiger charge is 2.33. The van der Waals surface area contributed by atoms with Gasteiger partial charge < -0.3 is 4.90 Å². The van der Waals surface area contributed by atoms with Gasteiger partial charge in [0.15, 0.2) is 0 Å². The fourth-order valence-electron chi connectivity index (χ4n) is 1.73. The van der Waals surface area contributed by atoms with Gasteiger partial charge in [-0.2, -0.15) is 0 Å². The van der Waals surface area contributed by atoms with Gasteiger partial charge in [0.1, 0.15) is 5.67 Å². The monoisotopic (exact) mass is 145 g/mol. The molecular formula is C8H16FN. The summed E-state index contributed by atoms with van der Waals surface area (Å²) in [5.74, 6) is 0. The van der Waals surface area contributed by atoms with E-state index in [2.05, 4.69) is 0 Å². The molecule has 0 aromatic rings. The fraction of sp³-hybridized carbons (Fsp3) is 1.00. The van der Waals surface area contributed by atoms with E-state index in [1.54, 1.807) is 0 Å². The van der Waals surface area contributed by atoms with Crippen molar-refractivity contribution in [3.05, 3.63) is 0 Å². The van der Waals surface area contributed by atoms with E-state index >= 15 is 0 Å². The first-order valence-electron chi connectivity index (χ1n) is 3.96. The highest BCUT2D eigenvalue weighted by molar-refractivity contribution is 4.86. The van der Waals surface area contributed by atoms with Crippen molar-refractivity contribution in [2.75, 3.05) is 20.6 Å². The lowest BCUT2D eigenvalue weighted by Crippen LogP contribution is -2.33. The standard InChI is InChI=1S/C8H16FN/c1-10(2)7-8(9)5-3-4-6-8/h3-7H2,1-2H3. The normalized spacial score (nSPS) is 24.0. The molecule has 0 heterocycles. The Morgan fingerprint density at radius 2 is 1.80 bits per heavy atom. The van der Waals surface area contributed by atoms with Gasteiger partial charge >= 0.3 is 0 Å². The van der Waals surface area contributed by atoms with Crippen molar-refractivity contribution in [3.8, 4) is 0 Å². The summed E-state index contributed by atoms with van der Waals surface area (Å²) < 4.78 is 13.5. The van der Waals surface area contributed by atoms with E-state index in [4.69, 9.17) is 0 Å². The Kier molecular flexibility index (Phi) is 2.29. The summed E-state index contributed by atoms with van der Waals surface area (Å²) in [5.41, 5.74) is -0.858. The van der Waals surface area contributed by atoms with Crippen LogP contribution in [0.25, 0.3) is 0 Å². The number of rotatable bonds is 2. The molecule has 1 aliphatic rings. The van der Waals surface area contributed by atoms with Crippen LogP contribution in [0.5, 0.6) is 0 Å². The van der Waals surface area contributed by atoms with Gasteiger partial charge in [-0.25, -0.2) is 4.39 Å². The first-order valence-corrected chi connectivity index (χ1v) is 3.96. The third-order valence-electron chi connectivity index (χ3n) is 2.10. The lowest BCUT2D eigenvalue weighted by molar-refractivity contribution is 0.125. The van der Waals surface area contributed by atoms with Crippen LogP contribution in [0.1, 0.15) is 25.7 Å². The van der Waals surface area contributed by atoms with Gasteiger partial charge in [0.2, 0.25) is 0 Å². The maximum Gasteiger partial charge on any atom is 0.123 e. The van der Waals surface area contributed by atoms with Crippen molar-refractivity contribution < 1.29 is 4.39 Å². The lowest BCUT2D eigenvalue weighted by atomic mass is 10.1. The molecule has 2 heteroatoms. The maximum atomic E-state index is 13.5. The summed E-state index contributed by atoms with van der Waals surface area (Å²) in [4.78, 5) is 1.94. The van der Waals surface area contributed by atoms with Crippen LogP contribution in [-0.4, -0.2) is 31.2 Å². The molecule has 0 bridgehead atoms. The lowest BCUT2D eigenvalue weighted by Gasteiger charge is -2.22. The minimum Gasteiger partial charge on any atom is -0.306 e. The summed E-state index contributed by atoms with van der Waals surface area (Å²) in [5, 5.41) is 0. The van der Waals surface area contributed by atoms with Gasteiger partial charge in [0, 0.05) is 6.54 Å². The molecule has 60 valence electrons. The molecule has 0 aliphatic heterocycles. The largest absolute Gasteiger partial charge is 0.306 e. The van der Waals surface area contributed by atoms with E-state index in [0.29, 0.717) is 6.54 Å². The summed E-state index contributed by atoms with van der Waals surface area (Å²) >= 11 is 0. The second-order valence-corrected chi connectivity index (χ2v) is 3.60. The Hall–Kier alpha value is -0.110. The smallest absolute Gasteiger partial charge is 0.123 e. The predicted molar refractivity (Wildman–Crippen MR) is 40.9 cm³/mol. The van der Waals surface area contributed by atoms with Crippen LogP contribution >= 0.6 is 0 Å². The fourth-order valence-corrected chi connectivity index (χ4v) is 1.73. The average molecular weight is 145 g/mol. The highest BCUT2D eigenvalue weighted by atomic mass is 19.1. The SMILES string of the molecule is CN(C)CC1(F)CCCC1. The Morgan fingerprint density at radius 1 is 1.30 bits per heavy atom. The van der Waals surface area contributed by atoms with Gasteiger partial charge in [-0.05, 0) is 26.9 Å². The first-order chi connectivity index (χ1) is 4.62. The third kappa shape index (κ3) is 1.94. The molecule has 0 saturated heterocycles. The van der Waals surface area contributed by atoms with Crippen LogP contribution < -0.4 is 0 Å². The van der Waals surface area contributed by atoms with Crippen molar-refractivity contribution in [3.63, 3.8) is 0 Å². The van der Waals surface area contributed by atoms with Crippen molar-refractivity contribution in [2.24, 2.45) is 0 Å². The molecular weight excluding hydrogens is 129 g/mol. The number of halogens is 1. The molecule has 0 N–H and O–H groups in total. The van der Waals surface area contributed by atoms with E-state index in [1.165, 1.54) is 0 Å². The van der Waals surface area contributed by atoms with Crippen LogP contribution in [0.2, 0.25) is 0 Å². The van der Waals surface area contributed by atoms with Gasteiger partial charge in [-0.1, -0.05) is 12.8 Å². The molecule has 0 atom stereocenters. The molecule has 0 radical (unpaired) electrons. The summed E-state index contributed by atoms with van der Waals surface area (Å²) in [6.07, 6.45) is 3.69. The zero-order valence-corrected chi connectivity index (χ0v) is 6.86. The van der Waals surface area contributed by atoms with Crippen molar-refractivity contribution >= 4 is 0 Å². The van der Waals surface area contributed by atoms with Gasteiger partial charge in [-0.3, -0.25) is 0 Å². The van der Waals surface area contributed by atoms with Crippen LogP contribution in [0.4, 0.5) is 4.39 Å². The Morgan fingerprint density at radius 3 is 2.20 bits per heavy atom. The number of hydrogen-bond donors (Lipinski definition) is 0. The van der Waals surface area contributed by atoms with E-state index in [-0.39, 0.29) is 0 Å². The summed E-state index contributed by atoms with van der Waals surface area (Å²) in [6.45, 7) is 0.604. The van der Waals surface area contributed by atoms with Crippen LogP contribution in [0.3, 0.4) is 0 Å². The molecule has 0 aromatic carbocycles. The molecule has 1 rings (SSSR count). The van der Waals surface area contributed by atoms with E-state index < -0.39 is 5.67 Å². The molecule has 1 aliphatic carbocycles. The maximum absolute atomic E-state index is 13.5. The molecule has 1 fully saturated rings. The van der Waals surface area contributed by atoms with Gasteiger partial charge in [0.05, 0.1) is 0 Å². The summed E-state index contributed by atoms with van der Waals surface area (Å²) in [6, 6.07) is 0. The zero-order valence-electron chi connectivity index (χ0n) is 6.86. The highest BCUT2D eigenvalue weighted by Crippen LogP contribution is 2.33. The van der Waals surface area contributed by atoms with E-state index in [0.717, 1.165) is 25.7 Å². The van der Waals surface area contributed by atoms with E-state index in [9.17, 15) is 4.39 Å². The van der Waals surface area contributed by atoms with Crippen molar-refractivity contribution in [2.45, 2.75) is 31.4 Å². The van der Waals surface area contributed by atoms with Crippen molar-refractivity contribution in [1.82, 2.24) is 4.90 Å². The quantitative estimate of drug-likeness (QED) is 0.573. The van der Waals surface area contributed by atoms with Gasteiger partial charge in [0.25, 0.3) is 0 Å². The molecule has 1 saturated carbocycles. The Bertz CT molecular complexity index is 106. The second kappa shape index (κ2) is 2.87. The number of nitrogens with zero attached hydrogens (tertiary/aromatic N) is 1. The van der Waals surface area contributed by atoms with Crippen molar-refractivity contribution in [1.29, 1.82) is 0 Å². The average Bonchev–Trinajstić information content (AvgIpc) is 2.12. The topological polar surface area (TPSA) is 3.24 Å². The molecule has 0 unspecified atom stereocenters. The molecule has 1 nitrogen and oxygen atoms in total. The van der Waals surface area contributed by atoms with Crippen LogP contribution in [0.15, 0.2) is 0 Å². The van der Waals surface area contributed by atoms with Crippen LogP contribution in [0, 0.1) is 0 Å². The van der Waals surface area contributed by atoms with Gasteiger partial charge in [-0.15, -0.1) is 0 Å². The minimum absolute atomic E-state index is 0.604. The van der Waals surface area contributed by atoms with E-state index in [1.807, 2.05) is 19.0 Å². The molecule has 0 spiro atoms. The third-order valence-corrected chi connectivity index (χ3v) is 2.10. The minimum atomic E-state index is -0.858. The predicted octanol–water partition coefficient (Wildman–Crippen LogP) is 1.83. The number of hydrogen-bond acceptors (Lipinski definition) is 1. The Labute approximate surface area is 62.2 Å². The van der Waals surface area contributed by atoms with Crippen LogP contribution in [-0.2, 0) is 0 Å². The Balaban J connectivity index is 2.36. The summed E-state index contributed by atoms with van der Waals surface area (Å²) in [7, 11) is 3.86. The molecule has 0 aromatic heterocycles.